The number of nitrogens with one attached hydrogen (secondary N) is 1. The van der Waals surface area contributed by atoms with Gasteiger partial charge in [0.25, 0.3) is 0 Å². The SMILES string of the molecule is CC[C@H](C[C@@H](C)CO)Nc1cccc(F)c1C#N. The lowest BCUT2D eigenvalue weighted by atomic mass is 10.00. The first-order valence-corrected chi connectivity index (χ1v) is 6.18. The van der Waals surface area contributed by atoms with Gasteiger partial charge < -0.3 is 10.4 Å². The van der Waals surface area contributed by atoms with Gasteiger partial charge in [-0.1, -0.05) is 19.9 Å². The van der Waals surface area contributed by atoms with Gasteiger partial charge in [0, 0.05) is 12.6 Å². The van der Waals surface area contributed by atoms with Crippen molar-refractivity contribution in [2.75, 3.05) is 11.9 Å². The monoisotopic (exact) mass is 250 g/mol. The van der Waals surface area contributed by atoms with Gasteiger partial charge in [0.2, 0.25) is 0 Å². The molecule has 0 aliphatic rings. The van der Waals surface area contributed by atoms with E-state index >= 15 is 0 Å². The molecule has 0 spiro atoms. The second-order valence-corrected chi connectivity index (χ2v) is 4.55. The number of hydrogen-bond donors (Lipinski definition) is 2. The lowest BCUT2D eigenvalue weighted by molar-refractivity contribution is 0.224. The smallest absolute Gasteiger partial charge is 0.143 e. The Kier molecular flexibility index (Phi) is 5.60. The number of nitrogens with zero attached hydrogens (tertiary/aromatic N) is 1. The van der Waals surface area contributed by atoms with E-state index in [-0.39, 0.29) is 24.1 Å². The van der Waals surface area contributed by atoms with Gasteiger partial charge in [0.15, 0.2) is 0 Å². The molecule has 0 saturated carbocycles. The van der Waals surface area contributed by atoms with Gasteiger partial charge in [-0.05, 0) is 30.9 Å². The van der Waals surface area contributed by atoms with Crippen LogP contribution in [0.25, 0.3) is 0 Å². The Morgan fingerprint density at radius 1 is 1.50 bits per heavy atom. The number of aliphatic hydroxyl groups excluding tert-OH is 1. The normalized spacial score (nSPS) is 13.7. The van der Waals surface area contributed by atoms with Crippen LogP contribution in [0.2, 0.25) is 0 Å². The first-order chi connectivity index (χ1) is 8.62. The van der Waals surface area contributed by atoms with Crippen LogP contribution in [0.4, 0.5) is 10.1 Å². The van der Waals surface area contributed by atoms with E-state index in [2.05, 4.69) is 5.32 Å². The first kappa shape index (κ1) is 14.5. The molecule has 1 rings (SSSR count). The molecule has 3 nitrogen and oxygen atoms in total. The molecule has 2 N–H and O–H groups in total. The summed E-state index contributed by atoms with van der Waals surface area (Å²) in [5.74, 6) is -0.325. The lowest BCUT2D eigenvalue weighted by Gasteiger charge is -2.21. The van der Waals surface area contributed by atoms with Crippen LogP contribution in [0.3, 0.4) is 0 Å². The van der Waals surface area contributed by atoms with E-state index < -0.39 is 5.82 Å². The standard InChI is InChI=1S/C14H19FN2O/c1-3-11(7-10(2)9-18)17-14-6-4-5-13(15)12(14)8-16/h4-6,10-11,17-18H,3,7,9H2,1-2H3/t10-,11-/m1/s1. The fraction of sp³-hybridized carbons (Fsp3) is 0.500. The molecule has 0 aliphatic heterocycles. The van der Waals surface area contributed by atoms with Crippen LogP contribution in [-0.2, 0) is 0 Å². The Morgan fingerprint density at radius 2 is 2.22 bits per heavy atom. The van der Waals surface area contributed by atoms with Crippen molar-refractivity contribution in [3.05, 3.63) is 29.6 Å². The number of benzene rings is 1. The minimum atomic E-state index is -0.507. The Balaban J connectivity index is 2.82. The minimum Gasteiger partial charge on any atom is -0.396 e. The maximum absolute atomic E-state index is 13.4. The molecule has 0 aliphatic carbocycles. The zero-order chi connectivity index (χ0) is 13.5. The quantitative estimate of drug-likeness (QED) is 0.816. The molecule has 1 aromatic rings. The van der Waals surface area contributed by atoms with E-state index in [0.29, 0.717) is 5.69 Å². The third-order valence-electron chi connectivity index (χ3n) is 2.98. The Bertz CT molecular complexity index is 428. The molecule has 0 amide bonds. The van der Waals surface area contributed by atoms with E-state index in [4.69, 9.17) is 10.4 Å². The maximum atomic E-state index is 13.4. The Hall–Kier alpha value is -1.60. The third-order valence-corrected chi connectivity index (χ3v) is 2.98. The first-order valence-electron chi connectivity index (χ1n) is 6.18. The van der Waals surface area contributed by atoms with Gasteiger partial charge >= 0.3 is 0 Å². The molecule has 1 aromatic carbocycles. The number of aliphatic hydroxyl groups is 1. The van der Waals surface area contributed by atoms with Crippen molar-refractivity contribution in [3.63, 3.8) is 0 Å². The lowest BCUT2D eigenvalue weighted by Crippen LogP contribution is -2.23. The second kappa shape index (κ2) is 6.97. The topological polar surface area (TPSA) is 56.0 Å². The van der Waals surface area contributed by atoms with Crippen molar-refractivity contribution < 1.29 is 9.50 Å². The molecule has 0 heterocycles. The van der Waals surface area contributed by atoms with Gasteiger partial charge in [-0.15, -0.1) is 0 Å². The summed E-state index contributed by atoms with van der Waals surface area (Å²) in [5, 5.41) is 21.2. The number of hydrogen-bond acceptors (Lipinski definition) is 3. The molecule has 0 radical (unpaired) electrons. The summed E-state index contributed by atoms with van der Waals surface area (Å²) in [5.41, 5.74) is 0.571. The molecule has 2 atom stereocenters. The summed E-state index contributed by atoms with van der Waals surface area (Å²) < 4.78 is 13.4. The average Bonchev–Trinajstić information content (AvgIpc) is 2.38. The number of halogens is 1. The van der Waals surface area contributed by atoms with E-state index in [1.54, 1.807) is 12.1 Å². The highest BCUT2D eigenvalue weighted by atomic mass is 19.1. The summed E-state index contributed by atoms with van der Waals surface area (Å²) in [6, 6.07) is 6.56. The molecule has 18 heavy (non-hydrogen) atoms. The fourth-order valence-electron chi connectivity index (χ4n) is 1.87. The molecule has 0 fully saturated rings. The highest BCUT2D eigenvalue weighted by molar-refractivity contribution is 5.58. The zero-order valence-electron chi connectivity index (χ0n) is 10.8. The highest BCUT2D eigenvalue weighted by Gasteiger charge is 2.14. The third kappa shape index (κ3) is 3.71. The highest BCUT2D eigenvalue weighted by Crippen LogP contribution is 2.21. The summed E-state index contributed by atoms with van der Waals surface area (Å²) in [7, 11) is 0. The van der Waals surface area contributed by atoms with Crippen LogP contribution < -0.4 is 5.32 Å². The van der Waals surface area contributed by atoms with Crippen LogP contribution in [0.5, 0.6) is 0 Å². The summed E-state index contributed by atoms with van der Waals surface area (Å²) in [6.45, 7) is 4.11. The van der Waals surface area contributed by atoms with Crippen LogP contribution >= 0.6 is 0 Å². The van der Waals surface area contributed by atoms with E-state index in [1.807, 2.05) is 19.9 Å². The molecular formula is C14H19FN2O. The van der Waals surface area contributed by atoms with Crippen LogP contribution in [-0.4, -0.2) is 17.8 Å². The minimum absolute atomic E-state index is 0.0487. The number of rotatable bonds is 6. The molecule has 98 valence electrons. The zero-order valence-corrected chi connectivity index (χ0v) is 10.8. The molecule has 0 aromatic heterocycles. The van der Waals surface area contributed by atoms with E-state index in [0.717, 1.165) is 12.8 Å². The van der Waals surface area contributed by atoms with Crippen LogP contribution in [0.15, 0.2) is 18.2 Å². The van der Waals surface area contributed by atoms with Crippen LogP contribution in [0, 0.1) is 23.1 Å². The van der Waals surface area contributed by atoms with Crippen molar-refractivity contribution in [2.45, 2.75) is 32.7 Å². The molecular weight excluding hydrogens is 231 g/mol. The van der Waals surface area contributed by atoms with Gasteiger partial charge in [-0.25, -0.2) is 4.39 Å². The maximum Gasteiger partial charge on any atom is 0.143 e. The van der Waals surface area contributed by atoms with Crippen molar-refractivity contribution in [1.82, 2.24) is 0 Å². The molecule has 0 unspecified atom stereocenters. The van der Waals surface area contributed by atoms with E-state index in [1.165, 1.54) is 6.07 Å². The number of nitriles is 1. The van der Waals surface area contributed by atoms with Crippen molar-refractivity contribution in [1.29, 1.82) is 5.26 Å². The Labute approximate surface area is 107 Å². The van der Waals surface area contributed by atoms with Crippen molar-refractivity contribution >= 4 is 5.69 Å². The number of anilines is 1. The van der Waals surface area contributed by atoms with E-state index in [9.17, 15) is 4.39 Å². The molecule has 0 bridgehead atoms. The average molecular weight is 250 g/mol. The largest absolute Gasteiger partial charge is 0.396 e. The van der Waals surface area contributed by atoms with Crippen molar-refractivity contribution in [3.8, 4) is 6.07 Å². The summed E-state index contributed by atoms with van der Waals surface area (Å²) >= 11 is 0. The predicted octanol–water partition coefficient (Wildman–Crippen LogP) is 2.91. The van der Waals surface area contributed by atoms with Crippen LogP contribution in [0.1, 0.15) is 32.3 Å². The molecule has 0 saturated heterocycles. The molecule has 4 heteroatoms. The van der Waals surface area contributed by atoms with Gasteiger partial charge in [0.1, 0.15) is 17.4 Å². The van der Waals surface area contributed by atoms with Gasteiger partial charge in [-0.2, -0.15) is 5.26 Å². The fourth-order valence-corrected chi connectivity index (χ4v) is 1.87. The van der Waals surface area contributed by atoms with Gasteiger partial charge in [-0.3, -0.25) is 0 Å². The predicted molar refractivity (Wildman–Crippen MR) is 69.7 cm³/mol. The summed E-state index contributed by atoms with van der Waals surface area (Å²) in [6.07, 6.45) is 1.64. The van der Waals surface area contributed by atoms with Crippen molar-refractivity contribution in [2.24, 2.45) is 5.92 Å². The second-order valence-electron chi connectivity index (χ2n) is 4.55. The Morgan fingerprint density at radius 3 is 2.78 bits per heavy atom. The summed E-state index contributed by atoms with van der Waals surface area (Å²) in [4.78, 5) is 0. The van der Waals surface area contributed by atoms with Gasteiger partial charge in [0.05, 0.1) is 5.69 Å².